The van der Waals surface area contributed by atoms with Crippen molar-refractivity contribution in [1.29, 1.82) is 0 Å². The van der Waals surface area contributed by atoms with Gasteiger partial charge >= 0.3 is 0 Å². The molecule has 0 radical (unpaired) electrons. The molecule has 1 heterocycles. The second-order valence-corrected chi connectivity index (χ2v) is 8.88. The molecule has 0 aliphatic rings. The number of ether oxygens (including phenoxy) is 1. The number of methoxy groups -OCH3 is 1. The van der Waals surface area contributed by atoms with Crippen molar-refractivity contribution in [3.8, 4) is 5.75 Å². The van der Waals surface area contributed by atoms with E-state index in [1.165, 1.54) is 42.7 Å². The Morgan fingerprint density at radius 2 is 1.92 bits per heavy atom. The first-order valence-corrected chi connectivity index (χ1v) is 10.3. The summed E-state index contributed by atoms with van der Waals surface area (Å²) in [5, 5.41) is 0.543. The fraction of sp³-hybridized carbons (Fsp3) is 0.176. The van der Waals surface area contributed by atoms with Crippen molar-refractivity contribution >= 4 is 48.9 Å². The van der Waals surface area contributed by atoms with E-state index < -0.39 is 21.5 Å². The summed E-state index contributed by atoms with van der Waals surface area (Å²) < 4.78 is 32.3. The number of fused-ring (bicyclic) bond motifs is 1. The maximum absolute atomic E-state index is 12.4. The van der Waals surface area contributed by atoms with E-state index in [2.05, 4.69) is 4.99 Å². The molecular formula is C17H15ClN2O4S2. The minimum Gasteiger partial charge on any atom is -0.497 e. The molecule has 2 aromatic carbocycles. The summed E-state index contributed by atoms with van der Waals surface area (Å²) in [6.07, 6.45) is 0. The summed E-state index contributed by atoms with van der Waals surface area (Å²) in [4.78, 5) is 16.6. The predicted molar refractivity (Wildman–Crippen MR) is 101 cm³/mol. The average molecular weight is 411 g/mol. The van der Waals surface area contributed by atoms with Crippen molar-refractivity contribution < 1.29 is 17.9 Å². The van der Waals surface area contributed by atoms with Gasteiger partial charge < -0.3 is 9.30 Å². The van der Waals surface area contributed by atoms with Gasteiger partial charge in [-0.2, -0.15) is 4.99 Å². The highest BCUT2D eigenvalue weighted by Crippen LogP contribution is 2.24. The summed E-state index contributed by atoms with van der Waals surface area (Å²) >= 11 is 7.45. The first-order valence-electron chi connectivity index (χ1n) is 7.50. The van der Waals surface area contributed by atoms with Gasteiger partial charge in [-0.1, -0.05) is 29.0 Å². The Balaban J connectivity index is 1.91. The fourth-order valence-corrected chi connectivity index (χ4v) is 4.96. The molecule has 1 aromatic heterocycles. The standard InChI is InChI=1S/C17H15ClN2O4S2/c1-20-16-13(18)4-3-5-14(16)25-17(20)19-15(21)10-26(22,23)12-8-6-11(24-2)7-9-12/h3-9H,10H2,1-2H3. The van der Waals surface area contributed by atoms with Crippen LogP contribution in [0.4, 0.5) is 0 Å². The molecule has 0 saturated heterocycles. The number of halogens is 1. The number of carbonyl (C=O) groups excluding carboxylic acids is 1. The van der Waals surface area contributed by atoms with Gasteiger partial charge in [0, 0.05) is 7.05 Å². The van der Waals surface area contributed by atoms with E-state index in [4.69, 9.17) is 16.3 Å². The molecule has 0 aliphatic heterocycles. The topological polar surface area (TPSA) is 77.7 Å². The molecule has 0 saturated carbocycles. The van der Waals surface area contributed by atoms with E-state index in [0.717, 1.165) is 10.2 Å². The lowest BCUT2D eigenvalue weighted by atomic mass is 10.3. The minimum absolute atomic E-state index is 0.0469. The second-order valence-electron chi connectivity index (χ2n) is 5.47. The molecule has 9 heteroatoms. The number of carbonyl (C=O) groups is 1. The van der Waals surface area contributed by atoms with E-state index in [9.17, 15) is 13.2 Å². The largest absolute Gasteiger partial charge is 0.497 e. The van der Waals surface area contributed by atoms with Gasteiger partial charge in [-0.25, -0.2) is 8.42 Å². The van der Waals surface area contributed by atoms with Gasteiger partial charge in [0.05, 0.1) is 27.2 Å². The van der Waals surface area contributed by atoms with E-state index >= 15 is 0 Å². The number of hydrogen-bond donors (Lipinski definition) is 0. The van der Waals surface area contributed by atoms with Crippen LogP contribution in [-0.2, 0) is 21.7 Å². The summed E-state index contributed by atoms with van der Waals surface area (Å²) in [5.74, 6) is -0.908. The maximum atomic E-state index is 12.4. The van der Waals surface area contributed by atoms with Crippen LogP contribution in [0.25, 0.3) is 10.2 Å². The van der Waals surface area contributed by atoms with Gasteiger partial charge in [0.1, 0.15) is 11.5 Å². The summed E-state index contributed by atoms with van der Waals surface area (Å²) in [5.41, 5.74) is 0.753. The third-order valence-electron chi connectivity index (χ3n) is 3.73. The molecule has 3 aromatic rings. The van der Waals surface area contributed by atoms with Crippen LogP contribution in [-0.4, -0.2) is 31.8 Å². The third kappa shape index (κ3) is 3.67. The van der Waals surface area contributed by atoms with Crippen LogP contribution in [0.15, 0.2) is 52.4 Å². The highest BCUT2D eigenvalue weighted by molar-refractivity contribution is 7.92. The Morgan fingerprint density at radius 1 is 1.23 bits per heavy atom. The summed E-state index contributed by atoms with van der Waals surface area (Å²) in [7, 11) is -0.565. The normalized spacial score (nSPS) is 12.5. The van der Waals surface area contributed by atoms with Gasteiger partial charge in [0.25, 0.3) is 5.91 Å². The highest BCUT2D eigenvalue weighted by Gasteiger charge is 2.19. The van der Waals surface area contributed by atoms with Crippen LogP contribution in [0.2, 0.25) is 5.02 Å². The molecule has 0 fully saturated rings. The van der Waals surface area contributed by atoms with Crippen molar-refractivity contribution in [2.24, 2.45) is 12.0 Å². The van der Waals surface area contributed by atoms with Gasteiger partial charge in [-0.15, -0.1) is 0 Å². The van der Waals surface area contributed by atoms with Crippen molar-refractivity contribution in [3.63, 3.8) is 0 Å². The number of sulfone groups is 1. The van der Waals surface area contributed by atoms with Crippen LogP contribution in [0.3, 0.4) is 0 Å². The number of hydrogen-bond acceptors (Lipinski definition) is 5. The monoisotopic (exact) mass is 410 g/mol. The van der Waals surface area contributed by atoms with Crippen LogP contribution < -0.4 is 9.54 Å². The molecule has 6 nitrogen and oxygen atoms in total. The first kappa shape index (κ1) is 18.6. The van der Waals surface area contributed by atoms with Crippen molar-refractivity contribution in [1.82, 2.24) is 4.57 Å². The smallest absolute Gasteiger partial charge is 0.263 e. The number of rotatable bonds is 4. The zero-order chi connectivity index (χ0) is 18.9. The Bertz CT molecular complexity index is 1150. The molecule has 3 rings (SSSR count). The lowest BCUT2D eigenvalue weighted by molar-refractivity contribution is -0.115. The van der Waals surface area contributed by atoms with Crippen molar-refractivity contribution in [3.05, 3.63) is 52.3 Å². The van der Waals surface area contributed by atoms with Crippen LogP contribution in [0.1, 0.15) is 0 Å². The zero-order valence-electron chi connectivity index (χ0n) is 14.0. The number of aromatic nitrogens is 1. The van der Waals surface area contributed by atoms with Crippen LogP contribution >= 0.6 is 22.9 Å². The van der Waals surface area contributed by atoms with E-state index in [0.29, 0.717) is 15.6 Å². The number of nitrogens with zero attached hydrogens (tertiary/aromatic N) is 2. The summed E-state index contributed by atoms with van der Waals surface area (Å²) in [6, 6.07) is 11.3. The molecular weight excluding hydrogens is 396 g/mol. The van der Waals surface area contributed by atoms with E-state index in [1.54, 1.807) is 23.7 Å². The number of aryl methyl sites for hydroxylation is 1. The molecule has 1 amide bonds. The molecule has 0 spiro atoms. The Morgan fingerprint density at radius 3 is 2.54 bits per heavy atom. The van der Waals surface area contributed by atoms with Crippen molar-refractivity contribution in [2.45, 2.75) is 4.90 Å². The highest BCUT2D eigenvalue weighted by atomic mass is 35.5. The Hall–Kier alpha value is -2.16. The molecule has 26 heavy (non-hydrogen) atoms. The van der Waals surface area contributed by atoms with E-state index in [1.807, 2.05) is 6.07 Å². The first-order chi connectivity index (χ1) is 12.3. The lowest BCUT2D eigenvalue weighted by Gasteiger charge is -2.03. The number of amides is 1. The predicted octanol–water partition coefficient (Wildman–Crippen LogP) is 2.80. The molecule has 0 atom stereocenters. The van der Waals surface area contributed by atoms with Gasteiger partial charge in [0.15, 0.2) is 14.6 Å². The molecule has 0 aliphatic carbocycles. The number of para-hydroxylation sites is 1. The molecule has 136 valence electrons. The SMILES string of the molecule is COc1ccc(S(=O)(=O)CC(=O)N=c2sc3cccc(Cl)c3n2C)cc1. The molecule has 0 bridgehead atoms. The average Bonchev–Trinajstić information content (AvgIpc) is 2.91. The van der Waals surface area contributed by atoms with E-state index in [-0.39, 0.29) is 4.90 Å². The molecule has 0 unspecified atom stereocenters. The van der Waals surface area contributed by atoms with Crippen LogP contribution in [0, 0.1) is 0 Å². The lowest BCUT2D eigenvalue weighted by Crippen LogP contribution is -2.19. The minimum atomic E-state index is -3.79. The third-order valence-corrected chi connectivity index (χ3v) is 6.75. The van der Waals surface area contributed by atoms with Gasteiger partial charge in [-0.3, -0.25) is 4.79 Å². The van der Waals surface area contributed by atoms with Crippen LogP contribution in [0.5, 0.6) is 5.75 Å². The van der Waals surface area contributed by atoms with Gasteiger partial charge in [0.2, 0.25) is 0 Å². The number of thiazole rings is 1. The Labute approximate surface area is 159 Å². The second kappa shape index (κ2) is 7.22. The van der Waals surface area contributed by atoms with Crippen molar-refractivity contribution in [2.75, 3.05) is 12.9 Å². The zero-order valence-corrected chi connectivity index (χ0v) is 16.4. The Kier molecular flexibility index (Phi) is 5.17. The maximum Gasteiger partial charge on any atom is 0.263 e. The number of benzene rings is 2. The quantitative estimate of drug-likeness (QED) is 0.662. The molecule has 0 N–H and O–H groups in total. The van der Waals surface area contributed by atoms with Gasteiger partial charge in [-0.05, 0) is 36.4 Å². The fourth-order valence-electron chi connectivity index (χ4n) is 2.43. The summed E-state index contributed by atoms with van der Waals surface area (Å²) in [6.45, 7) is 0.